The molecule has 0 aromatic carbocycles. The van der Waals surface area contributed by atoms with Gasteiger partial charge in [-0.25, -0.2) is 0 Å². The van der Waals surface area contributed by atoms with E-state index in [9.17, 15) is 9.90 Å². The highest BCUT2D eigenvalue weighted by molar-refractivity contribution is 5.77. The lowest BCUT2D eigenvalue weighted by Gasteiger charge is -2.12. The van der Waals surface area contributed by atoms with E-state index in [1.54, 1.807) is 18.6 Å². The topological polar surface area (TPSA) is 49.3 Å². The predicted octanol–water partition coefficient (Wildman–Crippen LogP) is 6.52. The van der Waals surface area contributed by atoms with Crippen LogP contribution in [0.15, 0.2) is 23.6 Å². The molecule has 1 aliphatic rings. The highest BCUT2D eigenvalue weighted by Crippen LogP contribution is 2.14. The molecule has 0 heterocycles. The van der Waals surface area contributed by atoms with E-state index < -0.39 is 0 Å². The SMILES string of the molecule is CCCCCCCCCCCCCCCC(=O)NC1=CC=C(O)[CH]C1. The number of carbonyl (C=O) groups is 1. The number of unbranched alkanes of at least 4 members (excludes halogenated alkanes) is 12. The largest absolute Gasteiger partial charge is 0.512 e. The van der Waals surface area contributed by atoms with Crippen LogP contribution in [-0.2, 0) is 4.79 Å². The van der Waals surface area contributed by atoms with Gasteiger partial charge in [-0.3, -0.25) is 4.79 Å². The molecule has 1 radical (unpaired) electrons. The Morgan fingerprint density at radius 3 is 1.88 bits per heavy atom. The summed E-state index contributed by atoms with van der Waals surface area (Å²) >= 11 is 0. The van der Waals surface area contributed by atoms with Gasteiger partial charge in [0.1, 0.15) is 0 Å². The van der Waals surface area contributed by atoms with E-state index in [4.69, 9.17) is 0 Å². The quantitative estimate of drug-likeness (QED) is 0.331. The fourth-order valence-electron chi connectivity index (χ4n) is 3.17. The number of amides is 1. The minimum absolute atomic E-state index is 0.0949. The van der Waals surface area contributed by atoms with Crippen molar-refractivity contribution < 1.29 is 9.90 Å². The Bertz CT molecular complexity index is 412. The molecular formula is C22H38NO2. The van der Waals surface area contributed by atoms with Crippen molar-refractivity contribution in [3.05, 3.63) is 30.0 Å². The standard InChI is InChI=1S/C22H38NO2/c1-2-3-4-5-6-7-8-9-10-11-12-13-14-15-22(25)23-20-16-18-21(24)19-17-20/h16,18-19,24H,2-15,17H2,1H3,(H,23,25). The van der Waals surface area contributed by atoms with E-state index in [1.165, 1.54) is 70.6 Å². The van der Waals surface area contributed by atoms with E-state index in [0.29, 0.717) is 12.8 Å². The maximum atomic E-state index is 11.8. The highest BCUT2D eigenvalue weighted by atomic mass is 16.3. The second-order valence-electron chi connectivity index (χ2n) is 7.23. The molecular weight excluding hydrogens is 310 g/mol. The van der Waals surface area contributed by atoms with Crippen LogP contribution in [0, 0.1) is 6.42 Å². The molecule has 0 saturated heterocycles. The minimum Gasteiger partial charge on any atom is -0.512 e. The van der Waals surface area contributed by atoms with Gasteiger partial charge >= 0.3 is 0 Å². The molecule has 0 fully saturated rings. The zero-order valence-electron chi connectivity index (χ0n) is 16.2. The summed E-state index contributed by atoms with van der Waals surface area (Å²) in [6.45, 7) is 2.27. The van der Waals surface area contributed by atoms with Gasteiger partial charge in [0.2, 0.25) is 5.91 Å². The molecule has 25 heavy (non-hydrogen) atoms. The first-order chi connectivity index (χ1) is 12.2. The van der Waals surface area contributed by atoms with Gasteiger partial charge in [0, 0.05) is 18.5 Å². The monoisotopic (exact) mass is 348 g/mol. The lowest BCUT2D eigenvalue weighted by atomic mass is 10.0. The van der Waals surface area contributed by atoms with Crippen molar-refractivity contribution in [1.82, 2.24) is 5.32 Å². The third-order valence-electron chi connectivity index (χ3n) is 4.79. The van der Waals surface area contributed by atoms with Gasteiger partial charge in [-0.05, 0) is 25.0 Å². The summed E-state index contributed by atoms with van der Waals surface area (Å²) in [5, 5.41) is 12.2. The van der Waals surface area contributed by atoms with E-state index in [2.05, 4.69) is 12.2 Å². The molecule has 143 valence electrons. The van der Waals surface area contributed by atoms with E-state index in [-0.39, 0.29) is 11.7 Å². The first-order valence-electron chi connectivity index (χ1n) is 10.4. The fourth-order valence-corrected chi connectivity index (χ4v) is 3.17. The molecule has 0 aromatic rings. The Balaban J connectivity index is 1.83. The number of rotatable bonds is 15. The van der Waals surface area contributed by atoms with Crippen molar-refractivity contribution in [3.63, 3.8) is 0 Å². The number of allylic oxidation sites excluding steroid dienone is 4. The van der Waals surface area contributed by atoms with Crippen LogP contribution in [0.1, 0.15) is 103 Å². The summed E-state index contributed by atoms with van der Waals surface area (Å²) in [6.07, 6.45) is 23.5. The molecule has 0 aliphatic heterocycles. The molecule has 0 atom stereocenters. The lowest BCUT2D eigenvalue weighted by molar-refractivity contribution is -0.120. The molecule has 1 aliphatic carbocycles. The maximum absolute atomic E-state index is 11.8. The summed E-state index contributed by atoms with van der Waals surface area (Å²) in [7, 11) is 0. The normalized spacial score (nSPS) is 14.1. The van der Waals surface area contributed by atoms with Crippen molar-refractivity contribution in [2.45, 2.75) is 103 Å². The van der Waals surface area contributed by atoms with Gasteiger partial charge in [0.25, 0.3) is 0 Å². The first kappa shape index (κ1) is 21.8. The number of carbonyl (C=O) groups excluding carboxylic acids is 1. The molecule has 0 aromatic heterocycles. The van der Waals surface area contributed by atoms with Crippen LogP contribution in [0.25, 0.3) is 0 Å². The Labute approximate surface area is 155 Å². The number of nitrogens with one attached hydrogen (secondary N) is 1. The average Bonchev–Trinajstić information content (AvgIpc) is 2.61. The molecule has 2 N–H and O–H groups in total. The molecule has 1 amide bonds. The summed E-state index contributed by atoms with van der Waals surface area (Å²) in [4.78, 5) is 11.8. The van der Waals surface area contributed by atoms with Crippen LogP contribution in [0.2, 0.25) is 0 Å². The second-order valence-corrected chi connectivity index (χ2v) is 7.23. The maximum Gasteiger partial charge on any atom is 0.224 e. The number of hydrogen-bond acceptors (Lipinski definition) is 2. The Kier molecular flexibility index (Phi) is 13.1. The molecule has 3 heteroatoms. The van der Waals surface area contributed by atoms with Crippen molar-refractivity contribution in [2.75, 3.05) is 0 Å². The van der Waals surface area contributed by atoms with Crippen molar-refractivity contribution >= 4 is 5.91 Å². The molecule has 0 unspecified atom stereocenters. The zero-order chi connectivity index (χ0) is 18.2. The van der Waals surface area contributed by atoms with Gasteiger partial charge in [-0.2, -0.15) is 0 Å². The van der Waals surface area contributed by atoms with Crippen LogP contribution >= 0.6 is 0 Å². The third kappa shape index (κ3) is 12.7. The van der Waals surface area contributed by atoms with Crippen LogP contribution < -0.4 is 5.32 Å². The van der Waals surface area contributed by atoms with Crippen LogP contribution in [-0.4, -0.2) is 11.0 Å². The van der Waals surface area contributed by atoms with E-state index in [0.717, 1.165) is 18.5 Å². The fraction of sp³-hybridized carbons (Fsp3) is 0.727. The molecule has 3 nitrogen and oxygen atoms in total. The summed E-state index contributed by atoms with van der Waals surface area (Å²) in [5.41, 5.74) is 0.873. The van der Waals surface area contributed by atoms with Gasteiger partial charge in [0.05, 0.1) is 5.76 Å². The average molecular weight is 349 g/mol. The van der Waals surface area contributed by atoms with Gasteiger partial charge in [-0.1, -0.05) is 84.0 Å². The Morgan fingerprint density at radius 1 is 0.880 bits per heavy atom. The van der Waals surface area contributed by atoms with Gasteiger partial charge in [0.15, 0.2) is 0 Å². The van der Waals surface area contributed by atoms with Gasteiger partial charge < -0.3 is 10.4 Å². The van der Waals surface area contributed by atoms with Gasteiger partial charge in [-0.15, -0.1) is 0 Å². The smallest absolute Gasteiger partial charge is 0.224 e. The minimum atomic E-state index is 0.0949. The molecule has 0 saturated carbocycles. The van der Waals surface area contributed by atoms with Crippen LogP contribution in [0.3, 0.4) is 0 Å². The Hall–Kier alpha value is -1.25. The second kappa shape index (κ2) is 15.0. The Morgan fingerprint density at radius 2 is 1.40 bits per heavy atom. The lowest BCUT2D eigenvalue weighted by Crippen LogP contribution is -2.23. The van der Waals surface area contributed by atoms with E-state index >= 15 is 0 Å². The van der Waals surface area contributed by atoms with Crippen molar-refractivity contribution in [2.24, 2.45) is 0 Å². The summed E-state index contributed by atoms with van der Waals surface area (Å²) < 4.78 is 0. The van der Waals surface area contributed by atoms with Crippen molar-refractivity contribution in [1.29, 1.82) is 0 Å². The predicted molar refractivity (Wildman–Crippen MR) is 106 cm³/mol. The molecule has 1 rings (SSSR count). The summed E-state index contributed by atoms with van der Waals surface area (Å²) in [5.74, 6) is 0.368. The highest BCUT2D eigenvalue weighted by Gasteiger charge is 2.08. The summed E-state index contributed by atoms with van der Waals surface area (Å²) in [6, 6.07) is 0. The number of hydrogen-bond donors (Lipinski definition) is 2. The number of aliphatic hydroxyl groups is 1. The van der Waals surface area contributed by atoms with Crippen molar-refractivity contribution in [3.8, 4) is 0 Å². The number of aliphatic hydroxyl groups excluding tert-OH is 1. The third-order valence-corrected chi connectivity index (χ3v) is 4.79. The van der Waals surface area contributed by atoms with Crippen LogP contribution in [0.5, 0.6) is 0 Å². The van der Waals surface area contributed by atoms with E-state index in [1.807, 2.05) is 0 Å². The van der Waals surface area contributed by atoms with Crippen LogP contribution in [0.4, 0.5) is 0 Å². The molecule has 0 bridgehead atoms. The zero-order valence-corrected chi connectivity index (χ0v) is 16.2. The molecule has 0 spiro atoms. The first-order valence-corrected chi connectivity index (χ1v) is 10.4.